The van der Waals surface area contributed by atoms with Gasteiger partial charge in [-0.2, -0.15) is 5.26 Å². The Bertz CT molecular complexity index is 565. The first kappa shape index (κ1) is 16.1. The molecule has 5 nitrogen and oxygen atoms in total. The molecule has 0 aromatic carbocycles. The van der Waals surface area contributed by atoms with Crippen LogP contribution in [0.5, 0.6) is 0 Å². The van der Waals surface area contributed by atoms with Gasteiger partial charge in [-0.1, -0.05) is 25.6 Å². The molecule has 114 valence electrons. The van der Waals surface area contributed by atoms with E-state index in [9.17, 15) is 10.4 Å². The highest BCUT2D eigenvalue weighted by atomic mass is 32.2. The Balaban J connectivity index is 2.18. The summed E-state index contributed by atoms with van der Waals surface area (Å²) < 4.78 is 0. The maximum atomic E-state index is 10.5. The van der Waals surface area contributed by atoms with Crippen LogP contribution in [0, 0.1) is 16.7 Å². The molecule has 1 heterocycles. The van der Waals surface area contributed by atoms with Crippen LogP contribution in [0.4, 0.5) is 5.82 Å². The molecule has 2 N–H and O–H groups in total. The van der Waals surface area contributed by atoms with Gasteiger partial charge in [0, 0.05) is 6.04 Å². The van der Waals surface area contributed by atoms with E-state index in [2.05, 4.69) is 35.2 Å². The summed E-state index contributed by atoms with van der Waals surface area (Å²) in [5, 5.41) is 23.7. The van der Waals surface area contributed by atoms with Crippen molar-refractivity contribution >= 4 is 17.6 Å². The van der Waals surface area contributed by atoms with Gasteiger partial charge >= 0.3 is 0 Å². The Hall–Kier alpha value is -1.32. The van der Waals surface area contributed by atoms with Crippen LogP contribution in [0.3, 0.4) is 0 Å². The molecule has 0 aliphatic heterocycles. The van der Waals surface area contributed by atoms with Gasteiger partial charge in [0.15, 0.2) is 5.16 Å². The molecule has 1 aromatic rings. The first-order valence-electron chi connectivity index (χ1n) is 7.09. The smallest absolute Gasteiger partial charge is 0.189 e. The van der Waals surface area contributed by atoms with E-state index < -0.39 is 5.60 Å². The number of hydrogen-bond acceptors (Lipinski definition) is 6. The predicted octanol–water partition coefficient (Wildman–Crippen LogP) is 2.81. The first-order chi connectivity index (χ1) is 9.79. The molecule has 0 unspecified atom stereocenters. The molecule has 0 bridgehead atoms. The van der Waals surface area contributed by atoms with Crippen molar-refractivity contribution < 1.29 is 5.11 Å². The average Bonchev–Trinajstić information content (AvgIpc) is 2.43. The second-order valence-corrected chi connectivity index (χ2v) is 7.25. The Morgan fingerprint density at radius 1 is 1.48 bits per heavy atom. The fourth-order valence-electron chi connectivity index (χ4n) is 2.70. The molecule has 0 radical (unpaired) electrons. The molecule has 6 heteroatoms. The Kier molecular flexibility index (Phi) is 4.45. The quantitative estimate of drug-likeness (QED) is 0.660. The van der Waals surface area contributed by atoms with E-state index in [0.29, 0.717) is 16.5 Å². The van der Waals surface area contributed by atoms with E-state index in [1.165, 1.54) is 11.8 Å². The number of nitriles is 1. The standard InChI is InChI=1S/C15H22N4OS/c1-14(2)7-11(5-6-15(14,3)20)18-12-10(8-16)9-17-13(19-12)21-4/h9,11,20H,5-7H2,1-4H3,(H,17,18,19)/t11-,15+/m1/s1. The second kappa shape index (κ2) is 5.82. The summed E-state index contributed by atoms with van der Waals surface area (Å²) >= 11 is 1.45. The van der Waals surface area contributed by atoms with E-state index in [1.807, 2.05) is 13.2 Å². The van der Waals surface area contributed by atoms with Crippen LogP contribution in [0.2, 0.25) is 0 Å². The van der Waals surface area contributed by atoms with Gasteiger partial charge in [0.1, 0.15) is 17.5 Å². The van der Waals surface area contributed by atoms with Gasteiger partial charge in [-0.15, -0.1) is 0 Å². The fourth-order valence-corrected chi connectivity index (χ4v) is 3.04. The van der Waals surface area contributed by atoms with Gasteiger partial charge in [0.05, 0.1) is 11.8 Å². The Morgan fingerprint density at radius 3 is 2.76 bits per heavy atom. The van der Waals surface area contributed by atoms with Gasteiger partial charge in [-0.25, -0.2) is 9.97 Å². The minimum atomic E-state index is -0.653. The van der Waals surface area contributed by atoms with E-state index >= 15 is 0 Å². The van der Waals surface area contributed by atoms with Gasteiger partial charge in [-0.05, 0) is 37.9 Å². The van der Waals surface area contributed by atoms with Gasteiger partial charge in [0.25, 0.3) is 0 Å². The molecule has 1 aromatic heterocycles. The van der Waals surface area contributed by atoms with Crippen LogP contribution in [0.25, 0.3) is 0 Å². The number of nitrogens with one attached hydrogen (secondary N) is 1. The van der Waals surface area contributed by atoms with Crippen LogP contribution < -0.4 is 5.32 Å². The number of anilines is 1. The minimum absolute atomic E-state index is 0.176. The maximum absolute atomic E-state index is 10.5. The van der Waals surface area contributed by atoms with Crippen molar-refractivity contribution in [2.24, 2.45) is 5.41 Å². The van der Waals surface area contributed by atoms with Crippen LogP contribution in [0.15, 0.2) is 11.4 Å². The highest BCUT2D eigenvalue weighted by molar-refractivity contribution is 7.98. The van der Waals surface area contributed by atoms with Gasteiger partial charge in [0.2, 0.25) is 0 Å². The number of aliphatic hydroxyl groups is 1. The number of thioether (sulfide) groups is 1. The van der Waals surface area contributed by atoms with Crippen molar-refractivity contribution in [1.29, 1.82) is 5.26 Å². The van der Waals surface area contributed by atoms with Crippen molar-refractivity contribution in [3.8, 4) is 6.07 Å². The number of aromatic nitrogens is 2. The topological polar surface area (TPSA) is 81.8 Å². The Morgan fingerprint density at radius 2 is 2.19 bits per heavy atom. The van der Waals surface area contributed by atoms with Crippen molar-refractivity contribution in [2.75, 3.05) is 11.6 Å². The normalized spacial score (nSPS) is 27.9. The van der Waals surface area contributed by atoms with E-state index in [-0.39, 0.29) is 11.5 Å². The molecule has 1 aliphatic rings. The summed E-state index contributed by atoms with van der Waals surface area (Å²) in [6.45, 7) is 6.07. The molecule has 0 amide bonds. The minimum Gasteiger partial charge on any atom is -0.390 e. The molecule has 21 heavy (non-hydrogen) atoms. The molecule has 2 atom stereocenters. The zero-order valence-electron chi connectivity index (χ0n) is 13.0. The zero-order chi connectivity index (χ0) is 15.7. The van der Waals surface area contributed by atoms with E-state index in [0.717, 1.165) is 19.3 Å². The van der Waals surface area contributed by atoms with Gasteiger partial charge in [-0.3, -0.25) is 0 Å². The van der Waals surface area contributed by atoms with Crippen LogP contribution in [0.1, 0.15) is 45.6 Å². The summed E-state index contributed by atoms with van der Waals surface area (Å²) in [5.74, 6) is 0.596. The molecule has 1 aliphatic carbocycles. The number of nitrogens with zero attached hydrogens (tertiary/aromatic N) is 3. The number of rotatable bonds is 3. The maximum Gasteiger partial charge on any atom is 0.189 e. The lowest BCUT2D eigenvalue weighted by Gasteiger charge is -2.47. The molecule has 1 fully saturated rings. The SMILES string of the molecule is CSc1ncc(C#N)c(N[C@@H]2CC[C@](C)(O)C(C)(C)C2)n1. The monoisotopic (exact) mass is 306 g/mol. The molecular weight excluding hydrogens is 284 g/mol. The second-order valence-electron chi connectivity index (χ2n) is 6.47. The molecular formula is C15H22N4OS. The fraction of sp³-hybridized carbons (Fsp3) is 0.667. The average molecular weight is 306 g/mol. The lowest BCUT2D eigenvalue weighted by molar-refractivity contribution is -0.0840. The predicted molar refractivity (Wildman–Crippen MR) is 84.2 cm³/mol. The highest BCUT2D eigenvalue weighted by Gasteiger charge is 2.44. The molecule has 0 spiro atoms. The van der Waals surface area contributed by atoms with E-state index in [4.69, 9.17) is 0 Å². The lowest BCUT2D eigenvalue weighted by Crippen LogP contribution is -2.49. The van der Waals surface area contributed by atoms with Crippen molar-refractivity contribution in [2.45, 2.75) is 56.8 Å². The lowest BCUT2D eigenvalue weighted by atomic mass is 9.65. The first-order valence-corrected chi connectivity index (χ1v) is 8.31. The third kappa shape index (κ3) is 3.30. The van der Waals surface area contributed by atoms with Crippen molar-refractivity contribution in [1.82, 2.24) is 9.97 Å². The molecule has 2 rings (SSSR count). The third-order valence-electron chi connectivity index (χ3n) is 4.60. The van der Waals surface area contributed by atoms with Crippen LogP contribution >= 0.6 is 11.8 Å². The van der Waals surface area contributed by atoms with Crippen LogP contribution in [-0.2, 0) is 0 Å². The van der Waals surface area contributed by atoms with Crippen molar-refractivity contribution in [3.05, 3.63) is 11.8 Å². The van der Waals surface area contributed by atoms with Crippen molar-refractivity contribution in [3.63, 3.8) is 0 Å². The van der Waals surface area contributed by atoms with E-state index in [1.54, 1.807) is 6.20 Å². The summed E-state index contributed by atoms with van der Waals surface area (Å²) in [6, 6.07) is 2.33. The largest absolute Gasteiger partial charge is 0.390 e. The summed E-state index contributed by atoms with van der Waals surface area (Å²) in [6.07, 6.45) is 5.90. The summed E-state index contributed by atoms with van der Waals surface area (Å²) in [4.78, 5) is 8.52. The van der Waals surface area contributed by atoms with Gasteiger partial charge < -0.3 is 10.4 Å². The highest BCUT2D eigenvalue weighted by Crippen LogP contribution is 2.44. The molecule has 0 saturated heterocycles. The zero-order valence-corrected chi connectivity index (χ0v) is 13.8. The summed E-state index contributed by atoms with van der Waals surface area (Å²) in [5.41, 5.74) is -0.368. The number of hydrogen-bond donors (Lipinski definition) is 2. The third-order valence-corrected chi connectivity index (χ3v) is 5.17. The Labute approximate surface area is 130 Å². The molecule has 1 saturated carbocycles. The summed E-state index contributed by atoms with van der Waals surface area (Å²) in [7, 11) is 0. The van der Waals surface area contributed by atoms with Crippen LogP contribution in [-0.4, -0.2) is 33.0 Å².